The lowest BCUT2D eigenvalue weighted by Gasteiger charge is -2.09. The minimum absolute atomic E-state index is 0.0299. The lowest BCUT2D eigenvalue weighted by molar-refractivity contribution is 0.178. The molecular formula is C12H10Cl2FN3O. The summed E-state index contributed by atoms with van der Waals surface area (Å²) < 4.78 is 18.7. The molecule has 2 rings (SSSR count). The van der Waals surface area contributed by atoms with Crippen molar-refractivity contribution in [3.8, 4) is 0 Å². The molecule has 1 aromatic carbocycles. The van der Waals surface area contributed by atoms with Gasteiger partial charge in [0, 0.05) is 13.2 Å². The second-order valence-electron chi connectivity index (χ2n) is 3.65. The fourth-order valence-corrected chi connectivity index (χ4v) is 1.84. The van der Waals surface area contributed by atoms with Crippen molar-refractivity contribution in [1.29, 1.82) is 0 Å². The molecule has 0 fully saturated rings. The number of nitrogens with zero attached hydrogens (tertiary/aromatic N) is 2. The number of rotatable bonds is 4. The van der Waals surface area contributed by atoms with E-state index >= 15 is 0 Å². The maximum atomic E-state index is 13.7. The van der Waals surface area contributed by atoms with Crippen LogP contribution in [0.3, 0.4) is 0 Å². The van der Waals surface area contributed by atoms with Crippen LogP contribution in [-0.4, -0.2) is 17.1 Å². The van der Waals surface area contributed by atoms with Crippen LogP contribution < -0.4 is 5.32 Å². The number of hydrogen-bond acceptors (Lipinski definition) is 4. The zero-order valence-corrected chi connectivity index (χ0v) is 11.5. The number of ether oxygens (including phenoxy) is 1. The first-order valence-electron chi connectivity index (χ1n) is 5.33. The lowest BCUT2D eigenvalue weighted by atomic mass is 10.3. The third kappa shape index (κ3) is 3.53. The monoisotopic (exact) mass is 301 g/mol. The summed E-state index contributed by atoms with van der Waals surface area (Å²) in [5, 5.41) is 3.07. The van der Waals surface area contributed by atoms with E-state index in [-0.39, 0.29) is 22.5 Å². The van der Waals surface area contributed by atoms with E-state index in [0.29, 0.717) is 11.6 Å². The summed E-state index contributed by atoms with van der Waals surface area (Å²) in [5.41, 5.74) is 0.214. The fourth-order valence-electron chi connectivity index (χ4n) is 1.46. The van der Waals surface area contributed by atoms with Crippen molar-refractivity contribution in [3.63, 3.8) is 0 Å². The summed E-state index contributed by atoms with van der Waals surface area (Å²) in [5.74, 6) is 0.223. The SMILES string of the molecule is COCc1nc(Cl)cc(Nc2cccc(Cl)c2F)n1. The van der Waals surface area contributed by atoms with E-state index in [1.54, 1.807) is 12.1 Å². The van der Waals surface area contributed by atoms with E-state index in [1.807, 2.05) is 0 Å². The molecule has 0 aliphatic heterocycles. The van der Waals surface area contributed by atoms with Gasteiger partial charge in [-0.05, 0) is 12.1 Å². The van der Waals surface area contributed by atoms with Crippen molar-refractivity contribution in [2.75, 3.05) is 12.4 Å². The van der Waals surface area contributed by atoms with E-state index in [4.69, 9.17) is 27.9 Å². The highest BCUT2D eigenvalue weighted by Gasteiger charge is 2.09. The molecule has 0 unspecified atom stereocenters. The van der Waals surface area contributed by atoms with Gasteiger partial charge in [-0.3, -0.25) is 0 Å². The Morgan fingerprint density at radius 1 is 1.32 bits per heavy atom. The quantitative estimate of drug-likeness (QED) is 0.872. The smallest absolute Gasteiger partial charge is 0.165 e. The van der Waals surface area contributed by atoms with Crippen molar-refractivity contribution < 1.29 is 9.13 Å². The van der Waals surface area contributed by atoms with Crippen molar-refractivity contribution in [2.45, 2.75) is 6.61 Å². The summed E-state index contributed by atoms with van der Waals surface area (Å²) in [6, 6.07) is 6.13. The van der Waals surface area contributed by atoms with Gasteiger partial charge < -0.3 is 10.1 Å². The number of benzene rings is 1. The van der Waals surface area contributed by atoms with E-state index in [0.717, 1.165) is 0 Å². The second kappa shape index (κ2) is 6.14. The van der Waals surface area contributed by atoms with E-state index < -0.39 is 5.82 Å². The normalized spacial score (nSPS) is 10.5. The Kier molecular flexibility index (Phi) is 4.52. The van der Waals surface area contributed by atoms with Gasteiger partial charge in [-0.15, -0.1) is 0 Å². The molecule has 0 bridgehead atoms. The molecule has 0 saturated heterocycles. The standard InChI is InChI=1S/C12H10Cl2FN3O/c1-19-6-11-17-9(14)5-10(18-11)16-8-4-2-3-7(13)12(8)15/h2-5H,6H2,1H3,(H,16,17,18). The Balaban J connectivity index is 2.30. The first kappa shape index (κ1) is 14.0. The largest absolute Gasteiger partial charge is 0.377 e. The number of halogens is 3. The Labute approximate surface area is 119 Å². The third-order valence-corrected chi connectivity index (χ3v) is 2.71. The first-order chi connectivity index (χ1) is 9.10. The molecule has 2 aromatic rings. The molecular weight excluding hydrogens is 292 g/mol. The zero-order chi connectivity index (χ0) is 13.8. The summed E-state index contributed by atoms with van der Waals surface area (Å²) >= 11 is 11.6. The molecule has 0 spiro atoms. The highest BCUT2D eigenvalue weighted by atomic mass is 35.5. The van der Waals surface area contributed by atoms with Crippen LogP contribution in [0.4, 0.5) is 15.9 Å². The van der Waals surface area contributed by atoms with Gasteiger partial charge in [-0.25, -0.2) is 14.4 Å². The Morgan fingerprint density at radius 3 is 2.84 bits per heavy atom. The molecule has 1 aromatic heterocycles. The minimum Gasteiger partial charge on any atom is -0.377 e. The molecule has 19 heavy (non-hydrogen) atoms. The van der Waals surface area contributed by atoms with Crippen LogP contribution in [0.2, 0.25) is 10.2 Å². The van der Waals surface area contributed by atoms with Crippen LogP contribution in [-0.2, 0) is 11.3 Å². The highest BCUT2D eigenvalue weighted by molar-refractivity contribution is 6.31. The van der Waals surface area contributed by atoms with Crippen LogP contribution in [0, 0.1) is 5.82 Å². The predicted octanol–water partition coefficient (Wildman–Crippen LogP) is 3.81. The van der Waals surface area contributed by atoms with Crippen molar-refractivity contribution >= 4 is 34.7 Å². The molecule has 0 radical (unpaired) electrons. The van der Waals surface area contributed by atoms with E-state index in [9.17, 15) is 4.39 Å². The fraction of sp³-hybridized carbons (Fsp3) is 0.167. The molecule has 1 heterocycles. The molecule has 0 amide bonds. The highest BCUT2D eigenvalue weighted by Crippen LogP contribution is 2.25. The molecule has 1 N–H and O–H groups in total. The van der Waals surface area contributed by atoms with Gasteiger partial charge in [0.1, 0.15) is 17.6 Å². The van der Waals surface area contributed by atoms with Gasteiger partial charge in [0.05, 0.1) is 10.7 Å². The average molecular weight is 302 g/mol. The van der Waals surface area contributed by atoms with Gasteiger partial charge in [-0.2, -0.15) is 0 Å². The lowest BCUT2D eigenvalue weighted by Crippen LogP contribution is -2.02. The minimum atomic E-state index is -0.549. The molecule has 0 aliphatic carbocycles. The number of aromatic nitrogens is 2. The number of hydrogen-bond donors (Lipinski definition) is 1. The number of methoxy groups -OCH3 is 1. The molecule has 100 valence electrons. The van der Waals surface area contributed by atoms with Gasteiger partial charge in [0.2, 0.25) is 0 Å². The second-order valence-corrected chi connectivity index (χ2v) is 4.45. The molecule has 0 aliphatic rings. The van der Waals surface area contributed by atoms with Crippen molar-refractivity contribution in [1.82, 2.24) is 9.97 Å². The number of anilines is 2. The van der Waals surface area contributed by atoms with Crippen LogP contribution in [0.25, 0.3) is 0 Å². The molecule has 7 heteroatoms. The summed E-state index contributed by atoms with van der Waals surface area (Å²) in [6.45, 7) is 0.216. The molecule has 0 atom stereocenters. The maximum Gasteiger partial charge on any atom is 0.165 e. The Bertz CT molecular complexity index is 595. The summed E-state index contributed by atoms with van der Waals surface area (Å²) in [6.07, 6.45) is 0. The van der Waals surface area contributed by atoms with Crippen LogP contribution in [0.1, 0.15) is 5.82 Å². The van der Waals surface area contributed by atoms with Gasteiger partial charge in [0.15, 0.2) is 11.6 Å². The van der Waals surface area contributed by atoms with Crippen LogP contribution >= 0.6 is 23.2 Å². The summed E-state index contributed by atoms with van der Waals surface area (Å²) in [4.78, 5) is 8.12. The topological polar surface area (TPSA) is 47.0 Å². The Morgan fingerprint density at radius 2 is 2.11 bits per heavy atom. The summed E-state index contributed by atoms with van der Waals surface area (Å²) in [7, 11) is 1.52. The van der Waals surface area contributed by atoms with E-state index in [2.05, 4.69) is 15.3 Å². The number of nitrogens with one attached hydrogen (secondary N) is 1. The Hall–Kier alpha value is -1.43. The molecule has 4 nitrogen and oxygen atoms in total. The predicted molar refractivity (Wildman–Crippen MR) is 72.4 cm³/mol. The van der Waals surface area contributed by atoms with Gasteiger partial charge in [0.25, 0.3) is 0 Å². The van der Waals surface area contributed by atoms with Gasteiger partial charge in [-0.1, -0.05) is 29.3 Å². The zero-order valence-electron chi connectivity index (χ0n) is 9.95. The maximum absolute atomic E-state index is 13.7. The average Bonchev–Trinajstić information content (AvgIpc) is 2.35. The van der Waals surface area contributed by atoms with Crippen molar-refractivity contribution in [3.05, 3.63) is 46.1 Å². The van der Waals surface area contributed by atoms with Crippen LogP contribution in [0.15, 0.2) is 24.3 Å². The van der Waals surface area contributed by atoms with Gasteiger partial charge >= 0.3 is 0 Å². The third-order valence-electron chi connectivity index (χ3n) is 2.23. The van der Waals surface area contributed by atoms with Crippen molar-refractivity contribution in [2.24, 2.45) is 0 Å². The van der Waals surface area contributed by atoms with E-state index in [1.165, 1.54) is 19.2 Å². The molecule has 0 saturated carbocycles. The first-order valence-corrected chi connectivity index (χ1v) is 6.09. The van der Waals surface area contributed by atoms with Crippen LogP contribution in [0.5, 0.6) is 0 Å².